The SMILES string of the molecule is CC(C)(N)C(=O)N1CCN2C(=O)CCC2C1. The quantitative estimate of drug-likeness (QED) is 0.657. The van der Waals surface area contributed by atoms with Gasteiger partial charge in [0.1, 0.15) is 0 Å². The van der Waals surface area contributed by atoms with E-state index in [0.717, 1.165) is 6.42 Å². The average Bonchev–Trinajstić information content (AvgIpc) is 2.57. The van der Waals surface area contributed by atoms with Gasteiger partial charge in [0.15, 0.2) is 0 Å². The summed E-state index contributed by atoms with van der Waals surface area (Å²) >= 11 is 0. The molecule has 2 saturated heterocycles. The van der Waals surface area contributed by atoms with Crippen LogP contribution in [0.3, 0.4) is 0 Å². The molecule has 0 radical (unpaired) electrons. The molecule has 2 heterocycles. The molecule has 90 valence electrons. The monoisotopic (exact) mass is 225 g/mol. The summed E-state index contributed by atoms with van der Waals surface area (Å²) in [5, 5.41) is 0. The molecular formula is C11H19N3O2. The number of rotatable bonds is 1. The van der Waals surface area contributed by atoms with E-state index in [-0.39, 0.29) is 17.9 Å². The van der Waals surface area contributed by atoms with Crippen molar-refractivity contribution >= 4 is 11.8 Å². The fourth-order valence-corrected chi connectivity index (χ4v) is 2.46. The molecule has 0 bridgehead atoms. The number of nitrogens with zero attached hydrogens (tertiary/aromatic N) is 2. The maximum Gasteiger partial charge on any atom is 0.242 e. The van der Waals surface area contributed by atoms with Crippen molar-refractivity contribution in [2.24, 2.45) is 5.73 Å². The Kier molecular flexibility index (Phi) is 2.66. The van der Waals surface area contributed by atoms with Gasteiger partial charge in [0.05, 0.1) is 5.54 Å². The lowest BCUT2D eigenvalue weighted by Gasteiger charge is -2.39. The Morgan fingerprint density at radius 1 is 1.44 bits per heavy atom. The first kappa shape index (κ1) is 11.4. The topological polar surface area (TPSA) is 66.6 Å². The first-order valence-corrected chi connectivity index (χ1v) is 5.77. The zero-order valence-electron chi connectivity index (χ0n) is 9.90. The Bertz CT molecular complexity index is 322. The van der Waals surface area contributed by atoms with Crippen molar-refractivity contribution in [3.63, 3.8) is 0 Å². The first-order chi connectivity index (χ1) is 7.39. The predicted molar refractivity (Wildman–Crippen MR) is 59.6 cm³/mol. The second-order valence-electron chi connectivity index (χ2n) is 5.25. The van der Waals surface area contributed by atoms with Crippen molar-refractivity contribution in [2.75, 3.05) is 19.6 Å². The highest BCUT2D eigenvalue weighted by Gasteiger charge is 2.39. The molecule has 1 atom stereocenters. The van der Waals surface area contributed by atoms with Gasteiger partial charge in [-0.1, -0.05) is 0 Å². The predicted octanol–water partition coefficient (Wildman–Crippen LogP) is -0.443. The summed E-state index contributed by atoms with van der Waals surface area (Å²) in [6.45, 7) is 5.36. The van der Waals surface area contributed by atoms with E-state index < -0.39 is 5.54 Å². The normalized spacial score (nSPS) is 25.9. The van der Waals surface area contributed by atoms with Gasteiger partial charge >= 0.3 is 0 Å². The molecule has 2 fully saturated rings. The number of carbonyl (C=O) groups excluding carboxylic acids is 2. The minimum atomic E-state index is -0.815. The van der Waals surface area contributed by atoms with Crippen molar-refractivity contribution in [2.45, 2.75) is 38.3 Å². The Morgan fingerprint density at radius 3 is 2.75 bits per heavy atom. The fraction of sp³-hybridized carbons (Fsp3) is 0.818. The summed E-state index contributed by atoms with van der Waals surface area (Å²) in [6.07, 6.45) is 1.49. The van der Waals surface area contributed by atoms with Crippen LogP contribution in [0.4, 0.5) is 0 Å². The van der Waals surface area contributed by atoms with Crippen molar-refractivity contribution in [1.82, 2.24) is 9.80 Å². The van der Waals surface area contributed by atoms with Gasteiger partial charge < -0.3 is 15.5 Å². The Morgan fingerprint density at radius 2 is 2.12 bits per heavy atom. The zero-order chi connectivity index (χ0) is 11.9. The van der Waals surface area contributed by atoms with Crippen LogP contribution in [-0.4, -0.2) is 52.8 Å². The molecule has 2 aliphatic heterocycles. The van der Waals surface area contributed by atoms with Gasteiger partial charge in [-0.05, 0) is 20.3 Å². The summed E-state index contributed by atoms with van der Waals surface area (Å²) < 4.78 is 0. The number of amides is 2. The van der Waals surface area contributed by atoms with Crippen LogP contribution in [0.5, 0.6) is 0 Å². The van der Waals surface area contributed by atoms with E-state index in [1.54, 1.807) is 18.7 Å². The van der Waals surface area contributed by atoms with E-state index in [1.165, 1.54) is 0 Å². The smallest absolute Gasteiger partial charge is 0.242 e. The molecule has 2 aliphatic rings. The third-order valence-electron chi connectivity index (χ3n) is 3.33. The molecule has 5 heteroatoms. The maximum atomic E-state index is 12.0. The van der Waals surface area contributed by atoms with E-state index in [2.05, 4.69) is 0 Å². The van der Waals surface area contributed by atoms with Crippen molar-refractivity contribution in [3.8, 4) is 0 Å². The van der Waals surface area contributed by atoms with Crippen molar-refractivity contribution < 1.29 is 9.59 Å². The number of carbonyl (C=O) groups is 2. The van der Waals surface area contributed by atoms with Crippen LogP contribution < -0.4 is 5.73 Å². The van der Waals surface area contributed by atoms with E-state index in [0.29, 0.717) is 26.1 Å². The van der Waals surface area contributed by atoms with Gasteiger partial charge in [-0.3, -0.25) is 9.59 Å². The fourth-order valence-electron chi connectivity index (χ4n) is 2.46. The van der Waals surface area contributed by atoms with E-state index in [1.807, 2.05) is 4.90 Å². The maximum absolute atomic E-state index is 12.0. The van der Waals surface area contributed by atoms with Gasteiger partial charge in [0.2, 0.25) is 11.8 Å². The first-order valence-electron chi connectivity index (χ1n) is 5.77. The van der Waals surface area contributed by atoms with Gasteiger partial charge in [-0.2, -0.15) is 0 Å². The van der Waals surface area contributed by atoms with Crippen LogP contribution in [0.25, 0.3) is 0 Å². The highest BCUT2D eigenvalue weighted by Crippen LogP contribution is 2.23. The number of piperazine rings is 1. The molecule has 0 saturated carbocycles. The number of hydrogen-bond donors (Lipinski definition) is 1. The lowest BCUT2D eigenvalue weighted by atomic mass is 10.0. The number of hydrogen-bond acceptors (Lipinski definition) is 3. The highest BCUT2D eigenvalue weighted by atomic mass is 16.2. The van der Waals surface area contributed by atoms with Gasteiger partial charge in [-0.15, -0.1) is 0 Å². The zero-order valence-corrected chi connectivity index (χ0v) is 9.90. The van der Waals surface area contributed by atoms with Crippen molar-refractivity contribution in [1.29, 1.82) is 0 Å². The average molecular weight is 225 g/mol. The molecular weight excluding hydrogens is 206 g/mol. The largest absolute Gasteiger partial charge is 0.337 e. The molecule has 5 nitrogen and oxygen atoms in total. The highest BCUT2D eigenvalue weighted by molar-refractivity contribution is 5.86. The molecule has 1 unspecified atom stereocenters. The second kappa shape index (κ2) is 3.73. The molecule has 0 aromatic carbocycles. The van der Waals surface area contributed by atoms with Crippen LogP contribution in [0.1, 0.15) is 26.7 Å². The summed E-state index contributed by atoms with van der Waals surface area (Å²) in [4.78, 5) is 27.2. The lowest BCUT2D eigenvalue weighted by molar-refractivity contribution is -0.142. The standard InChI is InChI=1S/C11H19N3O2/c1-11(2,12)10(16)13-5-6-14-8(7-13)3-4-9(14)15/h8H,3-7,12H2,1-2H3. The summed E-state index contributed by atoms with van der Waals surface area (Å²) in [7, 11) is 0. The minimum Gasteiger partial charge on any atom is -0.337 e. The van der Waals surface area contributed by atoms with E-state index in [9.17, 15) is 9.59 Å². The van der Waals surface area contributed by atoms with E-state index >= 15 is 0 Å². The molecule has 0 aromatic heterocycles. The summed E-state index contributed by atoms with van der Waals surface area (Å²) in [5.41, 5.74) is 4.99. The molecule has 0 aromatic rings. The third-order valence-corrected chi connectivity index (χ3v) is 3.33. The molecule has 0 spiro atoms. The van der Waals surface area contributed by atoms with Crippen LogP contribution in [0, 0.1) is 0 Å². The van der Waals surface area contributed by atoms with E-state index in [4.69, 9.17) is 5.73 Å². The lowest BCUT2D eigenvalue weighted by Crippen LogP contribution is -2.59. The van der Waals surface area contributed by atoms with Crippen molar-refractivity contribution in [3.05, 3.63) is 0 Å². The third kappa shape index (κ3) is 1.91. The molecule has 2 N–H and O–H groups in total. The van der Waals surface area contributed by atoms with Crippen LogP contribution in [-0.2, 0) is 9.59 Å². The van der Waals surface area contributed by atoms with Gasteiger partial charge in [0.25, 0.3) is 0 Å². The summed E-state index contributed by atoms with van der Waals surface area (Å²) in [6, 6.07) is 0.215. The van der Waals surface area contributed by atoms with Crippen LogP contribution in [0.15, 0.2) is 0 Å². The second-order valence-corrected chi connectivity index (χ2v) is 5.25. The summed E-state index contributed by atoms with van der Waals surface area (Å²) in [5.74, 6) is 0.204. The number of nitrogens with two attached hydrogens (primary N) is 1. The molecule has 2 amide bonds. The van der Waals surface area contributed by atoms with Crippen LogP contribution >= 0.6 is 0 Å². The van der Waals surface area contributed by atoms with Crippen LogP contribution in [0.2, 0.25) is 0 Å². The molecule has 0 aliphatic carbocycles. The molecule has 16 heavy (non-hydrogen) atoms. The Labute approximate surface area is 95.6 Å². The van der Waals surface area contributed by atoms with Gasteiger partial charge in [-0.25, -0.2) is 0 Å². The number of fused-ring (bicyclic) bond motifs is 1. The Hall–Kier alpha value is -1.10. The van der Waals surface area contributed by atoms with Gasteiger partial charge in [0, 0.05) is 32.1 Å². The Balaban J connectivity index is 2.02. The molecule has 2 rings (SSSR count). The minimum absolute atomic E-state index is 0.0218.